The number of rotatable bonds is 5. The smallest absolute Gasteiger partial charge is 0.295 e. The zero-order valence-electron chi connectivity index (χ0n) is 16.7. The Morgan fingerprint density at radius 3 is 2.52 bits per heavy atom. The van der Waals surface area contributed by atoms with Crippen LogP contribution < -0.4 is 4.74 Å². The molecule has 4 rings (SSSR count). The number of halogens is 1. The normalized spacial score (nSPS) is 17.7. The van der Waals surface area contributed by atoms with Crippen molar-refractivity contribution in [3.63, 3.8) is 0 Å². The van der Waals surface area contributed by atoms with E-state index < -0.39 is 17.7 Å². The number of Topliss-reactive ketones (excluding diaryl/α,β-unsaturated/α-hetero) is 1. The van der Waals surface area contributed by atoms with Crippen molar-refractivity contribution in [3.05, 3.63) is 100 Å². The summed E-state index contributed by atoms with van der Waals surface area (Å²) in [6.45, 7) is 0.151. The molecular formula is C24H19ClN2O4. The Hall–Kier alpha value is -3.64. The Labute approximate surface area is 184 Å². The summed E-state index contributed by atoms with van der Waals surface area (Å²) in [4.78, 5) is 31.6. The molecule has 1 aromatic heterocycles. The number of pyridine rings is 1. The molecular weight excluding hydrogens is 416 g/mol. The summed E-state index contributed by atoms with van der Waals surface area (Å²) in [5.41, 5.74) is 1.75. The fraction of sp³-hybridized carbons (Fsp3) is 0.125. The number of nitrogens with zero attached hydrogens (tertiary/aromatic N) is 2. The highest BCUT2D eigenvalue weighted by Gasteiger charge is 2.47. The number of aliphatic hydroxyl groups is 1. The van der Waals surface area contributed by atoms with Crippen LogP contribution in [0, 0.1) is 0 Å². The van der Waals surface area contributed by atoms with Gasteiger partial charge in [-0.25, -0.2) is 0 Å². The molecule has 2 aromatic carbocycles. The predicted octanol–water partition coefficient (Wildman–Crippen LogP) is 4.37. The Morgan fingerprint density at radius 1 is 1.10 bits per heavy atom. The number of aliphatic hydroxyl groups excluding tert-OH is 1. The molecule has 156 valence electrons. The SMILES string of the molecule is COc1ccccc1[C@H]1C(=C(O)c2ccc(Cl)cc2)C(=O)C(=O)N1Cc1cccnc1. The minimum Gasteiger partial charge on any atom is -0.507 e. The molecule has 31 heavy (non-hydrogen) atoms. The second kappa shape index (κ2) is 8.62. The highest BCUT2D eigenvalue weighted by molar-refractivity contribution is 6.46. The van der Waals surface area contributed by atoms with Gasteiger partial charge in [0.25, 0.3) is 11.7 Å². The van der Waals surface area contributed by atoms with Crippen LogP contribution in [-0.4, -0.2) is 33.8 Å². The number of benzene rings is 2. The summed E-state index contributed by atoms with van der Waals surface area (Å²) < 4.78 is 5.49. The number of carbonyl (C=O) groups excluding carboxylic acids is 2. The van der Waals surface area contributed by atoms with E-state index in [1.54, 1.807) is 67.0 Å². The summed E-state index contributed by atoms with van der Waals surface area (Å²) >= 11 is 5.96. The third-order valence-electron chi connectivity index (χ3n) is 5.17. The summed E-state index contributed by atoms with van der Waals surface area (Å²) in [5.74, 6) is -1.21. The highest BCUT2D eigenvalue weighted by atomic mass is 35.5. The van der Waals surface area contributed by atoms with Gasteiger partial charge in [0.05, 0.1) is 18.7 Å². The molecule has 6 nitrogen and oxygen atoms in total. The van der Waals surface area contributed by atoms with Crippen molar-refractivity contribution in [3.8, 4) is 5.75 Å². The topological polar surface area (TPSA) is 79.7 Å². The van der Waals surface area contributed by atoms with E-state index in [-0.39, 0.29) is 17.9 Å². The molecule has 1 amide bonds. The third-order valence-corrected chi connectivity index (χ3v) is 5.42. The van der Waals surface area contributed by atoms with Crippen molar-refractivity contribution in [2.75, 3.05) is 7.11 Å². The second-order valence-electron chi connectivity index (χ2n) is 7.04. The Bertz CT molecular complexity index is 1160. The number of ketones is 1. The fourth-order valence-corrected chi connectivity index (χ4v) is 3.84. The molecule has 0 unspecified atom stereocenters. The Kier molecular flexibility index (Phi) is 5.73. The van der Waals surface area contributed by atoms with E-state index in [0.29, 0.717) is 21.9 Å². The maximum atomic E-state index is 13.1. The second-order valence-corrected chi connectivity index (χ2v) is 7.47. The molecule has 1 atom stereocenters. The van der Waals surface area contributed by atoms with E-state index in [9.17, 15) is 14.7 Å². The van der Waals surface area contributed by atoms with Gasteiger partial charge in [0.1, 0.15) is 11.5 Å². The quantitative estimate of drug-likeness (QED) is 0.366. The molecule has 1 fully saturated rings. The molecule has 0 aliphatic carbocycles. The maximum Gasteiger partial charge on any atom is 0.295 e. The first-order chi connectivity index (χ1) is 15.0. The minimum atomic E-state index is -0.827. The predicted molar refractivity (Wildman–Crippen MR) is 117 cm³/mol. The van der Waals surface area contributed by atoms with Gasteiger partial charge in [-0.1, -0.05) is 35.9 Å². The minimum absolute atomic E-state index is 0.000660. The first-order valence-corrected chi connectivity index (χ1v) is 9.95. The molecule has 7 heteroatoms. The average molecular weight is 435 g/mol. The van der Waals surface area contributed by atoms with Gasteiger partial charge in [-0.2, -0.15) is 0 Å². The van der Waals surface area contributed by atoms with Gasteiger partial charge in [-0.3, -0.25) is 14.6 Å². The van der Waals surface area contributed by atoms with Crippen molar-refractivity contribution in [1.29, 1.82) is 0 Å². The lowest BCUT2D eigenvalue weighted by atomic mass is 9.94. The zero-order valence-corrected chi connectivity index (χ0v) is 17.4. The van der Waals surface area contributed by atoms with Crippen molar-refractivity contribution >= 4 is 29.1 Å². The lowest BCUT2D eigenvalue weighted by Gasteiger charge is -2.26. The van der Waals surface area contributed by atoms with Gasteiger partial charge in [0, 0.05) is 35.1 Å². The molecule has 1 aliphatic heterocycles. The number of ether oxygens (including phenoxy) is 1. The van der Waals surface area contributed by atoms with Crippen molar-refractivity contribution < 1.29 is 19.4 Å². The van der Waals surface area contributed by atoms with E-state index in [1.165, 1.54) is 12.0 Å². The van der Waals surface area contributed by atoms with Crippen LogP contribution in [-0.2, 0) is 16.1 Å². The fourth-order valence-electron chi connectivity index (χ4n) is 3.71. The first-order valence-electron chi connectivity index (χ1n) is 9.57. The molecule has 0 saturated carbocycles. The van der Waals surface area contributed by atoms with E-state index in [1.807, 2.05) is 6.07 Å². The lowest BCUT2D eigenvalue weighted by molar-refractivity contribution is -0.140. The molecule has 2 heterocycles. The number of aromatic nitrogens is 1. The first kappa shape index (κ1) is 20.6. The number of para-hydroxylation sites is 1. The zero-order chi connectivity index (χ0) is 22.0. The van der Waals surface area contributed by atoms with Crippen molar-refractivity contribution in [2.45, 2.75) is 12.6 Å². The van der Waals surface area contributed by atoms with Crippen LogP contribution in [0.5, 0.6) is 5.75 Å². The number of methoxy groups -OCH3 is 1. The van der Waals surface area contributed by atoms with Gasteiger partial charge in [-0.15, -0.1) is 0 Å². The lowest BCUT2D eigenvalue weighted by Crippen LogP contribution is -2.29. The summed E-state index contributed by atoms with van der Waals surface area (Å²) in [6.07, 6.45) is 3.27. The summed E-state index contributed by atoms with van der Waals surface area (Å²) in [5, 5.41) is 11.6. The number of amides is 1. The number of likely N-dealkylation sites (tertiary alicyclic amines) is 1. The van der Waals surface area contributed by atoms with Crippen LogP contribution >= 0.6 is 11.6 Å². The summed E-state index contributed by atoms with van der Waals surface area (Å²) in [7, 11) is 1.52. The Balaban J connectivity index is 1.90. The van der Waals surface area contributed by atoms with E-state index >= 15 is 0 Å². The average Bonchev–Trinajstić information content (AvgIpc) is 3.04. The van der Waals surface area contributed by atoms with Gasteiger partial charge in [0.2, 0.25) is 0 Å². The Morgan fingerprint density at radius 2 is 1.84 bits per heavy atom. The standard InChI is InChI=1S/C24H19ClN2O4/c1-31-19-7-3-2-6-18(19)21-20(22(28)16-8-10-17(25)11-9-16)23(29)24(30)27(21)14-15-5-4-12-26-13-15/h2-13,21,28H,14H2,1H3/t21-/m0/s1. The van der Waals surface area contributed by atoms with Gasteiger partial charge < -0.3 is 14.7 Å². The van der Waals surface area contributed by atoms with Crippen LogP contribution in [0.15, 0.2) is 78.6 Å². The molecule has 3 aromatic rings. The highest BCUT2D eigenvalue weighted by Crippen LogP contribution is 2.43. The molecule has 1 saturated heterocycles. The largest absolute Gasteiger partial charge is 0.507 e. The summed E-state index contributed by atoms with van der Waals surface area (Å²) in [6, 6.07) is 16.3. The maximum absolute atomic E-state index is 13.1. The van der Waals surface area contributed by atoms with Crippen LogP contribution in [0.2, 0.25) is 5.02 Å². The van der Waals surface area contributed by atoms with Crippen molar-refractivity contribution in [2.24, 2.45) is 0 Å². The van der Waals surface area contributed by atoms with Gasteiger partial charge in [-0.05, 0) is 42.0 Å². The van der Waals surface area contributed by atoms with Crippen LogP contribution in [0.4, 0.5) is 0 Å². The monoisotopic (exact) mass is 434 g/mol. The van der Waals surface area contributed by atoms with Crippen molar-refractivity contribution in [1.82, 2.24) is 9.88 Å². The molecule has 1 N–H and O–H groups in total. The van der Waals surface area contributed by atoms with Crippen LogP contribution in [0.1, 0.15) is 22.7 Å². The molecule has 0 bridgehead atoms. The van der Waals surface area contributed by atoms with Gasteiger partial charge >= 0.3 is 0 Å². The van der Waals surface area contributed by atoms with E-state index in [0.717, 1.165) is 5.56 Å². The third kappa shape index (κ3) is 3.90. The van der Waals surface area contributed by atoms with E-state index in [2.05, 4.69) is 4.98 Å². The van der Waals surface area contributed by atoms with Crippen LogP contribution in [0.3, 0.4) is 0 Å². The number of hydrogen-bond donors (Lipinski definition) is 1. The van der Waals surface area contributed by atoms with Crippen LogP contribution in [0.25, 0.3) is 5.76 Å². The van der Waals surface area contributed by atoms with E-state index in [4.69, 9.17) is 16.3 Å². The van der Waals surface area contributed by atoms with Gasteiger partial charge in [0.15, 0.2) is 0 Å². The molecule has 1 aliphatic rings. The number of carbonyl (C=O) groups is 2. The molecule has 0 radical (unpaired) electrons. The number of hydrogen-bond acceptors (Lipinski definition) is 5. The molecule has 0 spiro atoms.